The van der Waals surface area contributed by atoms with E-state index in [0.29, 0.717) is 35.8 Å². The summed E-state index contributed by atoms with van der Waals surface area (Å²) in [4.78, 5) is 49.3. The SMILES string of the molecule is CCCCCCCCc1ccc(-c2ccc(C(=O)O)cc2)cc1.CCCCCCCc1ccc(-c2ccc(C(=O)NO)cc2)cc1.CCCCCCCc1ccc(-c2ccc(C(=O)O)c(F)c2)cc1.CCCOCCOc1nc(-c2ccc(C(=O)O)cc2)sc1C. The van der Waals surface area contributed by atoms with Gasteiger partial charge in [0, 0.05) is 17.7 Å². The standard InChI is InChI=1S/C21H26O2.C20H23FO2.C20H25NO2.C16H19NO4S/c1-2-3-4-5-6-7-8-17-9-11-18(12-10-17)19-13-15-20(16-14-19)21(22)23;1-2-3-4-5-6-7-15-8-10-16(11-9-15)17-12-13-18(20(22)23)19(21)14-17;1-2-3-4-5-6-7-16-8-10-17(11-9-16)18-12-14-19(15-13-18)20(22)21-23;1-3-8-20-9-10-21-14-11(2)22-15(17-14)12-4-6-13(7-5-12)16(18)19/h9-16H,2-8H2,1H3,(H,22,23);8-14H,2-7H2,1H3,(H,22,23);8-15,23H,2-7H2,1H3,(H,21,22);4-7H,3,8-10H2,1-2H3,(H,18,19). The van der Waals surface area contributed by atoms with Crippen molar-refractivity contribution in [2.24, 2.45) is 0 Å². The molecule has 0 saturated carbocycles. The fourth-order valence-corrected chi connectivity index (χ4v) is 10.8. The molecule has 91 heavy (non-hydrogen) atoms. The molecule has 0 atom stereocenters. The van der Waals surface area contributed by atoms with Gasteiger partial charge < -0.3 is 24.8 Å². The van der Waals surface area contributed by atoms with E-state index in [9.17, 15) is 23.6 Å². The minimum atomic E-state index is -1.24. The molecule has 12 nitrogen and oxygen atoms in total. The molecular formula is C77H93FN2O10S. The lowest BCUT2D eigenvalue weighted by molar-refractivity contribution is 0.0682. The van der Waals surface area contributed by atoms with Crippen molar-refractivity contribution in [3.63, 3.8) is 0 Å². The molecule has 0 spiro atoms. The van der Waals surface area contributed by atoms with Gasteiger partial charge in [0.25, 0.3) is 5.91 Å². The number of unbranched alkanes of at least 4 members (excludes halogenated alkanes) is 13. The molecule has 1 amide bonds. The van der Waals surface area contributed by atoms with Gasteiger partial charge in [-0.2, -0.15) is 0 Å². The van der Waals surface area contributed by atoms with E-state index < -0.39 is 29.6 Å². The molecular weight excluding hydrogens is 1160 g/mol. The molecule has 0 radical (unpaired) electrons. The van der Waals surface area contributed by atoms with Crippen LogP contribution >= 0.6 is 11.3 Å². The van der Waals surface area contributed by atoms with Crippen molar-refractivity contribution in [2.75, 3.05) is 19.8 Å². The highest BCUT2D eigenvalue weighted by atomic mass is 32.1. The molecule has 0 aliphatic heterocycles. The minimum Gasteiger partial charge on any atom is -0.478 e. The first-order valence-electron chi connectivity index (χ1n) is 32.4. The summed E-state index contributed by atoms with van der Waals surface area (Å²) in [7, 11) is 0. The quantitative estimate of drug-likeness (QED) is 0.0149. The van der Waals surface area contributed by atoms with Crippen molar-refractivity contribution in [3.05, 3.63) is 213 Å². The summed E-state index contributed by atoms with van der Waals surface area (Å²) in [6.45, 7) is 12.5. The van der Waals surface area contributed by atoms with E-state index in [-0.39, 0.29) is 11.1 Å². The van der Waals surface area contributed by atoms with Crippen LogP contribution in [0, 0.1) is 12.7 Å². The van der Waals surface area contributed by atoms with Crippen LogP contribution in [0.3, 0.4) is 0 Å². The highest BCUT2D eigenvalue weighted by Gasteiger charge is 2.14. The third-order valence-corrected chi connectivity index (χ3v) is 16.3. The molecule has 0 saturated heterocycles. The molecule has 7 aromatic carbocycles. The third-order valence-electron chi connectivity index (χ3n) is 15.3. The number of ether oxygens (including phenoxy) is 2. The molecule has 14 heteroatoms. The van der Waals surface area contributed by atoms with E-state index in [1.165, 1.54) is 143 Å². The maximum Gasteiger partial charge on any atom is 0.338 e. The topological polar surface area (TPSA) is 193 Å². The van der Waals surface area contributed by atoms with E-state index in [1.54, 1.807) is 60.1 Å². The summed E-state index contributed by atoms with van der Waals surface area (Å²) in [5.74, 6) is -3.64. The monoisotopic (exact) mass is 1260 g/mol. The Balaban J connectivity index is 0.000000220. The summed E-state index contributed by atoms with van der Waals surface area (Å²) in [5, 5.41) is 36.1. The smallest absolute Gasteiger partial charge is 0.338 e. The summed E-state index contributed by atoms with van der Waals surface area (Å²) < 4.78 is 24.7. The van der Waals surface area contributed by atoms with E-state index in [0.717, 1.165) is 75.6 Å². The molecule has 0 aliphatic carbocycles. The number of amides is 1. The number of carboxylic acid groups (broad SMARTS) is 3. The van der Waals surface area contributed by atoms with Gasteiger partial charge in [-0.1, -0.05) is 226 Å². The van der Waals surface area contributed by atoms with Crippen LogP contribution in [0.4, 0.5) is 4.39 Å². The molecule has 8 aromatic rings. The number of aryl methyl sites for hydroxylation is 4. The summed E-state index contributed by atoms with van der Waals surface area (Å²) in [6.07, 6.45) is 25.1. The van der Waals surface area contributed by atoms with Crippen molar-refractivity contribution in [1.82, 2.24) is 10.5 Å². The van der Waals surface area contributed by atoms with Crippen LogP contribution in [-0.2, 0) is 24.0 Å². The van der Waals surface area contributed by atoms with Crippen LogP contribution in [-0.4, -0.2) is 69.1 Å². The average molecular weight is 1260 g/mol. The molecule has 1 aromatic heterocycles. The second kappa shape index (κ2) is 41.9. The first kappa shape index (κ1) is 73.4. The van der Waals surface area contributed by atoms with Crippen LogP contribution in [0.1, 0.15) is 200 Å². The number of carboxylic acids is 3. The minimum absolute atomic E-state index is 0.265. The van der Waals surface area contributed by atoms with Crippen LogP contribution in [0.5, 0.6) is 5.88 Å². The van der Waals surface area contributed by atoms with Gasteiger partial charge in [0.2, 0.25) is 5.88 Å². The van der Waals surface area contributed by atoms with Gasteiger partial charge in [0.1, 0.15) is 17.4 Å². The fraction of sp³-hybridized carbons (Fsp3) is 0.364. The number of rotatable bonds is 33. The van der Waals surface area contributed by atoms with Gasteiger partial charge in [-0.25, -0.2) is 29.2 Å². The lowest BCUT2D eigenvalue weighted by Crippen LogP contribution is -2.18. The first-order chi connectivity index (χ1) is 44.2. The number of hydrogen-bond acceptors (Lipinski definition) is 9. The van der Waals surface area contributed by atoms with Crippen molar-refractivity contribution in [1.29, 1.82) is 0 Å². The van der Waals surface area contributed by atoms with Gasteiger partial charge in [-0.3, -0.25) is 10.0 Å². The molecule has 0 bridgehead atoms. The van der Waals surface area contributed by atoms with Gasteiger partial charge in [0.05, 0.1) is 28.2 Å². The number of carbonyl (C=O) groups excluding carboxylic acids is 1. The van der Waals surface area contributed by atoms with Crippen molar-refractivity contribution < 1.29 is 53.6 Å². The average Bonchev–Trinajstić information content (AvgIpc) is 3.36. The number of nitrogens with one attached hydrogen (secondary N) is 1. The Kier molecular flexibility index (Phi) is 33.8. The Morgan fingerprint density at radius 3 is 1.16 bits per heavy atom. The number of hydroxylamine groups is 1. The maximum atomic E-state index is 13.8. The van der Waals surface area contributed by atoms with Gasteiger partial charge in [-0.15, -0.1) is 11.3 Å². The third kappa shape index (κ3) is 26.6. The second-order valence-corrected chi connectivity index (χ2v) is 23.8. The molecule has 5 N–H and O–H groups in total. The normalized spacial score (nSPS) is 10.6. The van der Waals surface area contributed by atoms with Gasteiger partial charge in [-0.05, 0) is 150 Å². The van der Waals surface area contributed by atoms with E-state index >= 15 is 0 Å². The van der Waals surface area contributed by atoms with E-state index in [4.69, 9.17) is 30.0 Å². The summed E-state index contributed by atoms with van der Waals surface area (Å²) >= 11 is 1.53. The lowest BCUT2D eigenvalue weighted by Gasteiger charge is -2.06. The summed E-state index contributed by atoms with van der Waals surface area (Å²) in [6, 6.07) is 50.5. The molecule has 484 valence electrons. The molecule has 0 fully saturated rings. The number of benzene rings is 7. The van der Waals surface area contributed by atoms with E-state index in [1.807, 2.05) is 43.3 Å². The Labute approximate surface area is 542 Å². The molecule has 0 aliphatic rings. The largest absolute Gasteiger partial charge is 0.478 e. The van der Waals surface area contributed by atoms with Gasteiger partial charge in [0.15, 0.2) is 0 Å². The van der Waals surface area contributed by atoms with Crippen molar-refractivity contribution >= 4 is 35.2 Å². The fourth-order valence-electron chi connectivity index (χ4n) is 9.96. The first-order valence-corrected chi connectivity index (χ1v) is 33.2. The zero-order valence-electron chi connectivity index (χ0n) is 53.8. The Morgan fingerprint density at radius 2 is 0.791 bits per heavy atom. The molecule has 0 unspecified atom stereocenters. The number of aromatic nitrogens is 1. The van der Waals surface area contributed by atoms with Crippen molar-refractivity contribution in [2.45, 2.75) is 163 Å². The number of nitrogens with zero attached hydrogens (tertiary/aromatic N) is 1. The number of aromatic carboxylic acids is 3. The van der Waals surface area contributed by atoms with Crippen LogP contribution in [0.15, 0.2) is 164 Å². The Bertz CT molecular complexity index is 3380. The van der Waals surface area contributed by atoms with Crippen LogP contribution in [0.2, 0.25) is 0 Å². The maximum absolute atomic E-state index is 13.8. The predicted molar refractivity (Wildman–Crippen MR) is 367 cm³/mol. The highest BCUT2D eigenvalue weighted by Crippen LogP contribution is 2.32. The zero-order valence-corrected chi connectivity index (χ0v) is 54.6. The molecule has 1 heterocycles. The second-order valence-electron chi connectivity index (χ2n) is 22.6. The Morgan fingerprint density at radius 1 is 0.429 bits per heavy atom. The number of thiazole rings is 1. The van der Waals surface area contributed by atoms with E-state index in [2.05, 4.69) is 93.3 Å². The van der Waals surface area contributed by atoms with Gasteiger partial charge >= 0.3 is 17.9 Å². The van der Waals surface area contributed by atoms with Crippen LogP contribution < -0.4 is 10.2 Å². The van der Waals surface area contributed by atoms with Crippen molar-refractivity contribution in [3.8, 4) is 49.8 Å². The predicted octanol–water partition coefficient (Wildman–Crippen LogP) is 20.3. The zero-order chi connectivity index (χ0) is 65.6. The van der Waals surface area contributed by atoms with Crippen LogP contribution in [0.25, 0.3) is 44.0 Å². The Hall–Kier alpha value is -8.30. The highest BCUT2D eigenvalue weighted by molar-refractivity contribution is 7.15. The number of halogens is 1. The summed E-state index contributed by atoms with van der Waals surface area (Å²) in [5.41, 5.74) is 13.3. The number of hydrogen-bond donors (Lipinski definition) is 5. The number of carbonyl (C=O) groups is 4. The lowest BCUT2D eigenvalue weighted by atomic mass is 10.00. The molecule has 8 rings (SSSR count).